The molecule has 0 spiro atoms. The Labute approximate surface area is 154 Å². The highest BCUT2D eigenvalue weighted by molar-refractivity contribution is 5.39. The molecule has 0 bridgehead atoms. The van der Waals surface area contributed by atoms with E-state index in [9.17, 15) is 13.9 Å². The Morgan fingerprint density at radius 1 is 1.15 bits per heavy atom. The number of halogens is 2. The van der Waals surface area contributed by atoms with E-state index >= 15 is 0 Å². The second kappa shape index (κ2) is 7.85. The summed E-state index contributed by atoms with van der Waals surface area (Å²) in [5.74, 6) is -1.54. The molecule has 0 aromatic heterocycles. The molecule has 0 saturated heterocycles. The van der Waals surface area contributed by atoms with Crippen LogP contribution in [0.5, 0.6) is 0 Å². The number of rotatable bonds is 5. The van der Waals surface area contributed by atoms with Crippen molar-refractivity contribution < 1.29 is 13.9 Å². The molecule has 0 amide bonds. The SMILES string of the molecule is CN(C)CCCC1(O)c2ccccc2CCCC1c1ccc(F)cc1F. The number of hydrogen-bond donors (Lipinski definition) is 1. The fourth-order valence-electron chi connectivity index (χ4n) is 4.25. The molecule has 0 radical (unpaired) electrons. The van der Waals surface area contributed by atoms with Crippen LogP contribution in [0.15, 0.2) is 42.5 Å². The summed E-state index contributed by atoms with van der Waals surface area (Å²) in [6, 6.07) is 11.6. The number of aryl methyl sites for hydroxylation is 1. The highest BCUT2D eigenvalue weighted by Crippen LogP contribution is 2.47. The van der Waals surface area contributed by atoms with Gasteiger partial charge in [-0.1, -0.05) is 30.3 Å². The van der Waals surface area contributed by atoms with Gasteiger partial charge in [0.1, 0.15) is 11.6 Å². The van der Waals surface area contributed by atoms with Gasteiger partial charge in [-0.15, -0.1) is 0 Å². The van der Waals surface area contributed by atoms with Gasteiger partial charge >= 0.3 is 0 Å². The lowest BCUT2D eigenvalue weighted by Crippen LogP contribution is -2.35. The molecular weight excluding hydrogens is 332 g/mol. The van der Waals surface area contributed by atoms with Gasteiger partial charge in [-0.3, -0.25) is 0 Å². The summed E-state index contributed by atoms with van der Waals surface area (Å²) >= 11 is 0. The number of benzene rings is 2. The summed E-state index contributed by atoms with van der Waals surface area (Å²) in [7, 11) is 4.00. The van der Waals surface area contributed by atoms with Crippen molar-refractivity contribution in [2.45, 2.75) is 43.6 Å². The first kappa shape index (κ1) is 19.0. The molecule has 0 fully saturated rings. The van der Waals surface area contributed by atoms with Crippen LogP contribution in [0, 0.1) is 11.6 Å². The van der Waals surface area contributed by atoms with E-state index in [-0.39, 0.29) is 5.92 Å². The van der Waals surface area contributed by atoms with Crippen LogP contribution in [0.3, 0.4) is 0 Å². The molecule has 0 saturated carbocycles. The third kappa shape index (κ3) is 3.81. The molecule has 1 aliphatic rings. The van der Waals surface area contributed by atoms with Crippen LogP contribution >= 0.6 is 0 Å². The zero-order chi connectivity index (χ0) is 18.7. The molecule has 26 heavy (non-hydrogen) atoms. The van der Waals surface area contributed by atoms with E-state index in [1.807, 2.05) is 32.3 Å². The highest BCUT2D eigenvalue weighted by Gasteiger charge is 2.42. The predicted molar refractivity (Wildman–Crippen MR) is 100 cm³/mol. The third-order valence-corrected chi connectivity index (χ3v) is 5.50. The van der Waals surface area contributed by atoms with Gasteiger partial charge < -0.3 is 10.0 Å². The van der Waals surface area contributed by atoms with Crippen LogP contribution in [0.25, 0.3) is 0 Å². The maximum atomic E-state index is 14.6. The number of aliphatic hydroxyl groups is 1. The lowest BCUT2D eigenvalue weighted by atomic mass is 9.73. The lowest BCUT2D eigenvalue weighted by molar-refractivity contribution is -0.00710. The predicted octanol–water partition coefficient (Wildman–Crippen LogP) is 4.61. The smallest absolute Gasteiger partial charge is 0.129 e. The van der Waals surface area contributed by atoms with Crippen molar-refractivity contribution in [3.05, 3.63) is 70.8 Å². The highest BCUT2D eigenvalue weighted by atomic mass is 19.1. The molecule has 1 N–H and O–H groups in total. The molecule has 2 aromatic carbocycles. The van der Waals surface area contributed by atoms with E-state index in [4.69, 9.17) is 0 Å². The van der Waals surface area contributed by atoms with Crippen molar-refractivity contribution in [1.82, 2.24) is 4.90 Å². The van der Waals surface area contributed by atoms with Crippen LogP contribution in [0.4, 0.5) is 8.78 Å². The van der Waals surface area contributed by atoms with Crippen LogP contribution in [0.1, 0.15) is 48.3 Å². The van der Waals surface area contributed by atoms with E-state index in [1.54, 1.807) is 0 Å². The average Bonchev–Trinajstić information content (AvgIpc) is 2.72. The summed E-state index contributed by atoms with van der Waals surface area (Å²) in [6.45, 7) is 0.850. The molecule has 2 nitrogen and oxygen atoms in total. The van der Waals surface area contributed by atoms with Crippen molar-refractivity contribution in [3.8, 4) is 0 Å². The lowest BCUT2D eigenvalue weighted by Gasteiger charge is -2.37. The number of nitrogens with zero attached hydrogens (tertiary/aromatic N) is 1. The molecule has 0 heterocycles. The van der Waals surface area contributed by atoms with E-state index in [0.29, 0.717) is 18.4 Å². The number of hydrogen-bond acceptors (Lipinski definition) is 2. The Balaban J connectivity index is 2.05. The monoisotopic (exact) mass is 359 g/mol. The van der Waals surface area contributed by atoms with Gasteiger partial charge in [-0.25, -0.2) is 8.78 Å². The Bertz CT molecular complexity index is 762. The first-order valence-electron chi connectivity index (χ1n) is 9.32. The van der Waals surface area contributed by atoms with Gasteiger partial charge in [0.15, 0.2) is 0 Å². The quantitative estimate of drug-likeness (QED) is 0.788. The first-order chi connectivity index (χ1) is 12.4. The van der Waals surface area contributed by atoms with Crippen molar-refractivity contribution in [1.29, 1.82) is 0 Å². The maximum Gasteiger partial charge on any atom is 0.129 e. The Hall–Kier alpha value is -1.78. The van der Waals surface area contributed by atoms with Gasteiger partial charge in [-0.05, 0) is 75.5 Å². The zero-order valence-electron chi connectivity index (χ0n) is 15.5. The van der Waals surface area contributed by atoms with Gasteiger partial charge in [0.05, 0.1) is 5.60 Å². The Morgan fingerprint density at radius 2 is 1.92 bits per heavy atom. The molecule has 3 rings (SSSR count). The first-order valence-corrected chi connectivity index (χ1v) is 9.32. The maximum absolute atomic E-state index is 14.6. The second-order valence-electron chi connectivity index (χ2n) is 7.60. The van der Waals surface area contributed by atoms with E-state index in [2.05, 4.69) is 11.0 Å². The summed E-state index contributed by atoms with van der Waals surface area (Å²) < 4.78 is 28.0. The Kier molecular flexibility index (Phi) is 5.73. The van der Waals surface area contributed by atoms with Crippen molar-refractivity contribution >= 4 is 0 Å². The number of fused-ring (bicyclic) bond motifs is 1. The van der Waals surface area contributed by atoms with Gasteiger partial charge in [0.2, 0.25) is 0 Å². The molecule has 2 atom stereocenters. The van der Waals surface area contributed by atoms with Gasteiger partial charge in [0, 0.05) is 12.0 Å². The third-order valence-electron chi connectivity index (χ3n) is 5.50. The minimum absolute atomic E-state index is 0.381. The van der Waals surface area contributed by atoms with Crippen molar-refractivity contribution in [3.63, 3.8) is 0 Å². The van der Waals surface area contributed by atoms with Crippen molar-refractivity contribution in [2.75, 3.05) is 20.6 Å². The average molecular weight is 359 g/mol. The second-order valence-corrected chi connectivity index (χ2v) is 7.60. The summed E-state index contributed by atoms with van der Waals surface area (Å²) in [5.41, 5.74) is 1.28. The van der Waals surface area contributed by atoms with Gasteiger partial charge in [0.25, 0.3) is 0 Å². The molecule has 140 valence electrons. The molecule has 2 unspecified atom stereocenters. The summed E-state index contributed by atoms with van der Waals surface area (Å²) in [6.07, 6.45) is 3.76. The fourth-order valence-corrected chi connectivity index (χ4v) is 4.25. The summed E-state index contributed by atoms with van der Waals surface area (Å²) in [5, 5.41) is 11.8. The topological polar surface area (TPSA) is 23.5 Å². The molecule has 2 aromatic rings. The Morgan fingerprint density at radius 3 is 2.65 bits per heavy atom. The van der Waals surface area contributed by atoms with Crippen molar-refractivity contribution in [2.24, 2.45) is 0 Å². The minimum Gasteiger partial charge on any atom is -0.385 e. The normalized spacial score (nSPS) is 22.9. The standard InChI is InChI=1S/C22H27F2NO/c1-25(2)14-6-13-22(26)19-9-4-3-7-16(19)8-5-10-20(22)18-12-11-17(23)15-21(18)24/h3-4,7,9,11-12,15,20,26H,5-6,8,10,13-14H2,1-2H3. The minimum atomic E-state index is -1.15. The molecular formula is C22H27F2NO. The van der Waals surface area contributed by atoms with E-state index in [0.717, 1.165) is 43.0 Å². The molecule has 4 heteroatoms. The largest absolute Gasteiger partial charge is 0.385 e. The van der Waals surface area contributed by atoms with E-state index in [1.165, 1.54) is 12.1 Å². The van der Waals surface area contributed by atoms with Crippen LogP contribution < -0.4 is 0 Å². The fraction of sp³-hybridized carbons (Fsp3) is 0.455. The van der Waals surface area contributed by atoms with Crippen LogP contribution in [0.2, 0.25) is 0 Å². The zero-order valence-corrected chi connectivity index (χ0v) is 15.5. The van der Waals surface area contributed by atoms with E-state index < -0.39 is 17.2 Å². The summed E-state index contributed by atoms with van der Waals surface area (Å²) in [4.78, 5) is 2.08. The van der Waals surface area contributed by atoms with Gasteiger partial charge in [-0.2, -0.15) is 0 Å². The van der Waals surface area contributed by atoms with Crippen LogP contribution in [-0.4, -0.2) is 30.6 Å². The molecule has 1 aliphatic carbocycles. The van der Waals surface area contributed by atoms with Crippen LogP contribution in [-0.2, 0) is 12.0 Å². The molecule has 0 aliphatic heterocycles.